The number of nitrogens with zero attached hydrogens (tertiary/aromatic N) is 1. The average Bonchev–Trinajstić information content (AvgIpc) is 3.01. The minimum absolute atomic E-state index is 0.0812. The molecule has 3 rings (SSSR count). The summed E-state index contributed by atoms with van der Waals surface area (Å²) in [5, 5.41) is 3.26. The fourth-order valence-corrected chi connectivity index (χ4v) is 2.68. The third-order valence-corrected chi connectivity index (χ3v) is 3.79. The van der Waals surface area contributed by atoms with Gasteiger partial charge in [-0.2, -0.15) is 0 Å². The minimum Gasteiger partial charge on any atom is -0.465 e. The number of anilines is 3. The summed E-state index contributed by atoms with van der Waals surface area (Å²) in [6, 6.07) is 15.0. The minimum atomic E-state index is -0.422. The van der Waals surface area contributed by atoms with Gasteiger partial charge in [-0.15, -0.1) is 0 Å². The highest BCUT2D eigenvalue weighted by Gasteiger charge is 2.23. The Hall–Kier alpha value is -2.82. The fourth-order valence-electron chi connectivity index (χ4n) is 2.68. The van der Waals surface area contributed by atoms with Crippen molar-refractivity contribution >= 4 is 28.9 Å². The van der Waals surface area contributed by atoms with Gasteiger partial charge in [-0.05, 0) is 36.8 Å². The molecular formula is C18H18N2O3. The van der Waals surface area contributed by atoms with E-state index in [4.69, 9.17) is 4.74 Å². The van der Waals surface area contributed by atoms with Gasteiger partial charge in [-0.1, -0.05) is 18.2 Å². The second kappa shape index (κ2) is 6.52. The van der Waals surface area contributed by atoms with Gasteiger partial charge in [0.15, 0.2) is 0 Å². The predicted molar refractivity (Wildman–Crippen MR) is 89.1 cm³/mol. The number of rotatable bonds is 4. The molecule has 1 N–H and O–H groups in total. The monoisotopic (exact) mass is 310 g/mol. The van der Waals surface area contributed by atoms with Crippen LogP contribution in [-0.2, 0) is 9.53 Å². The zero-order valence-corrected chi connectivity index (χ0v) is 12.9. The van der Waals surface area contributed by atoms with Crippen molar-refractivity contribution < 1.29 is 14.3 Å². The Balaban J connectivity index is 1.97. The smallest absolute Gasteiger partial charge is 0.337 e. The van der Waals surface area contributed by atoms with Crippen LogP contribution < -0.4 is 10.2 Å². The van der Waals surface area contributed by atoms with Crippen molar-refractivity contribution in [2.75, 3.05) is 23.9 Å². The molecule has 1 aliphatic rings. The van der Waals surface area contributed by atoms with Gasteiger partial charge in [0.2, 0.25) is 5.91 Å². The number of amides is 1. The SMILES string of the molecule is COC(=O)c1cc(Nc2ccccc2)cc(N2CCCC2=O)c1. The van der Waals surface area contributed by atoms with E-state index >= 15 is 0 Å². The van der Waals surface area contributed by atoms with Gasteiger partial charge in [0, 0.05) is 30.0 Å². The molecule has 118 valence electrons. The van der Waals surface area contributed by atoms with Crippen LogP contribution in [0.3, 0.4) is 0 Å². The Morgan fingerprint density at radius 3 is 2.57 bits per heavy atom. The zero-order chi connectivity index (χ0) is 16.2. The molecule has 23 heavy (non-hydrogen) atoms. The van der Waals surface area contributed by atoms with Gasteiger partial charge in [0.25, 0.3) is 0 Å². The number of carbonyl (C=O) groups excluding carboxylic acids is 2. The summed E-state index contributed by atoms with van der Waals surface area (Å²) in [5.74, 6) is -0.340. The standard InChI is InChI=1S/C18H18N2O3/c1-23-18(22)13-10-15(19-14-6-3-2-4-7-14)12-16(11-13)20-9-5-8-17(20)21/h2-4,6-7,10-12,19H,5,8-9H2,1H3. The molecule has 2 aromatic rings. The summed E-state index contributed by atoms with van der Waals surface area (Å²) in [5.41, 5.74) is 2.79. The average molecular weight is 310 g/mol. The quantitative estimate of drug-likeness (QED) is 0.880. The van der Waals surface area contributed by atoms with Crippen LogP contribution in [0.4, 0.5) is 17.1 Å². The summed E-state index contributed by atoms with van der Waals surface area (Å²) in [4.78, 5) is 25.6. The van der Waals surface area contributed by atoms with Crippen LogP contribution in [0.5, 0.6) is 0 Å². The normalized spacial score (nSPS) is 14.0. The van der Waals surface area contributed by atoms with E-state index in [1.807, 2.05) is 36.4 Å². The van der Waals surface area contributed by atoms with Crippen LogP contribution >= 0.6 is 0 Å². The lowest BCUT2D eigenvalue weighted by Crippen LogP contribution is -2.24. The molecule has 1 saturated heterocycles. The third-order valence-electron chi connectivity index (χ3n) is 3.79. The van der Waals surface area contributed by atoms with E-state index in [0.717, 1.165) is 17.8 Å². The summed E-state index contributed by atoms with van der Waals surface area (Å²) < 4.78 is 4.82. The number of benzene rings is 2. The van der Waals surface area contributed by atoms with E-state index in [9.17, 15) is 9.59 Å². The number of para-hydroxylation sites is 1. The number of hydrogen-bond donors (Lipinski definition) is 1. The van der Waals surface area contributed by atoms with Crippen LogP contribution in [-0.4, -0.2) is 25.5 Å². The maximum absolute atomic E-state index is 12.0. The first-order valence-electron chi connectivity index (χ1n) is 7.53. The number of esters is 1. The van der Waals surface area contributed by atoms with E-state index in [2.05, 4.69) is 5.32 Å². The van der Waals surface area contributed by atoms with Crippen molar-refractivity contribution in [2.24, 2.45) is 0 Å². The number of methoxy groups -OCH3 is 1. The molecule has 1 aliphatic heterocycles. The molecule has 2 aromatic carbocycles. The Kier molecular flexibility index (Phi) is 4.28. The highest BCUT2D eigenvalue weighted by molar-refractivity contribution is 5.98. The molecule has 0 aromatic heterocycles. The highest BCUT2D eigenvalue weighted by atomic mass is 16.5. The molecule has 5 heteroatoms. The fraction of sp³-hybridized carbons (Fsp3) is 0.222. The first kappa shape index (κ1) is 15.1. The van der Waals surface area contributed by atoms with Gasteiger partial charge in [-0.25, -0.2) is 4.79 Å². The maximum Gasteiger partial charge on any atom is 0.337 e. The van der Waals surface area contributed by atoms with Crippen LogP contribution in [0.25, 0.3) is 0 Å². The van der Waals surface area contributed by atoms with Crippen molar-refractivity contribution in [2.45, 2.75) is 12.8 Å². The topological polar surface area (TPSA) is 58.6 Å². The second-order valence-electron chi connectivity index (χ2n) is 5.40. The van der Waals surface area contributed by atoms with Crippen molar-refractivity contribution in [3.63, 3.8) is 0 Å². The zero-order valence-electron chi connectivity index (χ0n) is 12.9. The van der Waals surface area contributed by atoms with Crippen molar-refractivity contribution in [1.82, 2.24) is 0 Å². The van der Waals surface area contributed by atoms with Crippen LogP contribution in [0.1, 0.15) is 23.2 Å². The molecule has 5 nitrogen and oxygen atoms in total. The van der Waals surface area contributed by atoms with Crippen LogP contribution in [0.15, 0.2) is 48.5 Å². The van der Waals surface area contributed by atoms with Crippen molar-refractivity contribution in [1.29, 1.82) is 0 Å². The van der Waals surface area contributed by atoms with Crippen molar-refractivity contribution in [3.05, 3.63) is 54.1 Å². The molecule has 0 unspecified atom stereocenters. The molecule has 0 aliphatic carbocycles. The maximum atomic E-state index is 12.0. The molecule has 1 heterocycles. The third kappa shape index (κ3) is 3.34. The van der Waals surface area contributed by atoms with E-state index in [1.54, 1.807) is 17.0 Å². The summed E-state index contributed by atoms with van der Waals surface area (Å²) in [6.45, 7) is 0.675. The first-order chi connectivity index (χ1) is 11.2. The van der Waals surface area contributed by atoms with Crippen LogP contribution in [0.2, 0.25) is 0 Å². The van der Waals surface area contributed by atoms with E-state index in [1.165, 1.54) is 7.11 Å². The Morgan fingerprint density at radius 2 is 1.91 bits per heavy atom. The van der Waals surface area contributed by atoms with Gasteiger partial charge in [-0.3, -0.25) is 4.79 Å². The van der Waals surface area contributed by atoms with Gasteiger partial charge < -0.3 is 15.0 Å². The number of nitrogens with one attached hydrogen (secondary N) is 1. The van der Waals surface area contributed by atoms with E-state index in [0.29, 0.717) is 24.2 Å². The molecule has 1 fully saturated rings. The number of carbonyl (C=O) groups is 2. The molecule has 0 saturated carbocycles. The lowest BCUT2D eigenvalue weighted by molar-refractivity contribution is -0.117. The molecule has 0 bridgehead atoms. The number of hydrogen-bond acceptors (Lipinski definition) is 4. The highest BCUT2D eigenvalue weighted by Crippen LogP contribution is 2.28. The summed E-state index contributed by atoms with van der Waals surface area (Å²) in [7, 11) is 1.35. The first-order valence-corrected chi connectivity index (χ1v) is 7.53. The summed E-state index contributed by atoms with van der Waals surface area (Å²) >= 11 is 0. The van der Waals surface area contributed by atoms with Gasteiger partial charge >= 0.3 is 5.97 Å². The largest absolute Gasteiger partial charge is 0.465 e. The predicted octanol–water partition coefficient (Wildman–Crippen LogP) is 3.34. The second-order valence-corrected chi connectivity index (χ2v) is 5.40. The molecule has 0 atom stereocenters. The molecule has 1 amide bonds. The van der Waals surface area contributed by atoms with E-state index < -0.39 is 5.97 Å². The van der Waals surface area contributed by atoms with Gasteiger partial charge in [0.05, 0.1) is 12.7 Å². The van der Waals surface area contributed by atoms with Gasteiger partial charge in [0.1, 0.15) is 0 Å². The lowest BCUT2D eigenvalue weighted by atomic mass is 10.1. The summed E-state index contributed by atoms with van der Waals surface area (Å²) in [6.07, 6.45) is 1.38. The Labute approximate surface area is 134 Å². The molecule has 0 radical (unpaired) electrons. The van der Waals surface area contributed by atoms with E-state index in [-0.39, 0.29) is 5.91 Å². The Morgan fingerprint density at radius 1 is 1.13 bits per heavy atom. The molecular weight excluding hydrogens is 292 g/mol. The lowest BCUT2D eigenvalue weighted by Gasteiger charge is -2.18. The Bertz CT molecular complexity index is 728. The van der Waals surface area contributed by atoms with Crippen LogP contribution in [0, 0.1) is 0 Å². The number of ether oxygens (including phenoxy) is 1. The molecule has 0 spiro atoms. The van der Waals surface area contributed by atoms with Crippen molar-refractivity contribution in [3.8, 4) is 0 Å².